The molecule has 3 aromatic rings. The van der Waals surface area contributed by atoms with Gasteiger partial charge in [0.1, 0.15) is 23.6 Å². The molecule has 164 valence electrons. The molecule has 0 radical (unpaired) electrons. The van der Waals surface area contributed by atoms with Crippen molar-refractivity contribution in [3.8, 4) is 28.3 Å². The van der Waals surface area contributed by atoms with Gasteiger partial charge in [0, 0.05) is 56.0 Å². The van der Waals surface area contributed by atoms with Crippen LogP contribution in [0.2, 0.25) is 0 Å². The van der Waals surface area contributed by atoms with Gasteiger partial charge in [0.15, 0.2) is 0 Å². The van der Waals surface area contributed by atoms with E-state index in [0.717, 1.165) is 55.7 Å². The number of phenols is 1. The third kappa shape index (κ3) is 3.73. The van der Waals surface area contributed by atoms with Crippen molar-refractivity contribution in [2.24, 2.45) is 5.92 Å². The molecule has 2 saturated heterocycles. The van der Waals surface area contributed by atoms with Crippen molar-refractivity contribution in [3.05, 3.63) is 36.8 Å². The summed E-state index contributed by atoms with van der Waals surface area (Å²) in [6, 6.07) is 7.97. The highest BCUT2D eigenvalue weighted by Gasteiger charge is 2.34. The fraction of sp³-hybridized carbons (Fsp3) is 0.435. The molecule has 9 nitrogen and oxygen atoms in total. The van der Waals surface area contributed by atoms with E-state index in [-0.39, 0.29) is 5.75 Å². The first-order chi connectivity index (χ1) is 15.7. The average molecular weight is 431 g/mol. The summed E-state index contributed by atoms with van der Waals surface area (Å²) in [4.78, 5) is 17.7. The van der Waals surface area contributed by atoms with Gasteiger partial charge in [0.2, 0.25) is 5.95 Å². The van der Waals surface area contributed by atoms with Gasteiger partial charge in [0.05, 0.1) is 11.9 Å². The lowest BCUT2D eigenvalue weighted by Crippen LogP contribution is -2.52. The van der Waals surface area contributed by atoms with Crippen LogP contribution in [0, 0.1) is 5.92 Å². The normalized spacial score (nSPS) is 20.8. The van der Waals surface area contributed by atoms with Crippen LogP contribution >= 0.6 is 0 Å². The van der Waals surface area contributed by atoms with Crippen LogP contribution in [0.15, 0.2) is 36.8 Å². The van der Waals surface area contributed by atoms with Crippen molar-refractivity contribution >= 4 is 11.8 Å². The summed E-state index contributed by atoms with van der Waals surface area (Å²) in [6.07, 6.45) is 7.09. The summed E-state index contributed by atoms with van der Waals surface area (Å²) in [7, 11) is 0. The minimum atomic E-state index is 0.131. The Morgan fingerprint density at radius 3 is 2.56 bits per heavy atom. The minimum absolute atomic E-state index is 0.131. The summed E-state index contributed by atoms with van der Waals surface area (Å²) >= 11 is 0. The topological polar surface area (TPSA) is 103 Å². The smallest absolute Gasteiger partial charge is 0.245 e. The minimum Gasteiger partial charge on any atom is -0.507 e. The van der Waals surface area contributed by atoms with Crippen molar-refractivity contribution in [3.63, 3.8) is 0 Å². The number of aromatic hydroxyl groups is 1. The molecule has 3 fully saturated rings. The zero-order valence-electron chi connectivity index (χ0n) is 17.9. The lowest BCUT2D eigenvalue weighted by Gasteiger charge is -2.33. The first-order valence-electron chi connectivity index (χ1n) is 11.3. The Bertz CT molecular complexity index is 1110. The maximum absolute atomic E-state index is 10.7. The van der Waals surface area contributed by atoms with Crippen molar-refractivity contribution in [2.45, 2.75) is 25.3 Å². The van der Waals surface area contributed by atoms with E-state index < -0.39 is 0 Å². The summed E-state index contributed by atoms with van der Waals surface area (Å²) < 4.78 is 0. The monoisotopic (exact) mass is 430 g/mol. The van der Waals surface area contributed by atoms with Gasteiger partial charge < -0.3 is 20.2 Å². The van der Waals surface area contributed by atoms with Crippen molar-refractivity contribution in [2.75, 3.05) is 42.5 Å². The molecular formula is C23H26N8O. The first-order valence-corrected chi connectivity index (χ1v) is 11.3. The van der Waals surface area contributed by atoms with E-state index in [1.165, 1.54) is 19.3 Å². The summed E-state index contributed by atoms with van der Waals surface area (Å²) in [5.41, 5.74) is 2.77. The highest BCUT2D eigenvalue weighted by molar-refractivity contribution is 5.73. The molecule has 1 saturated carbocycles. The molecule has 4 heterocycles. The third-order valence-electron chi connectivity index (χ3n) is 6.63. The van der Waals surface area contributed by atoms with E-state index in [0.29, 0.717) is 23.2 Å². The van der Waals surface area contributed by atoms with E-state index in [1.54, 1.807) is 18.6 Å². The molecule has 0 amide bonds. The molecule has 2 aliphatic heterocycles. The fourth-order valence-electron chi connectivity index (χ4n) is 4.44. The molecular weight excluding hydrogens is 404 g/mol. The number of nitrogens with zero attached hydrogens (tertiary/aromatic N) is 7. The maximum atomic E-state index is 10.7. The van der Waals surface area contributed by atoms with Gasteiger partial charge in [-0.05, 0) is 37.3 Å². The summed E-state index contributed by atoms with van der Waals surface area (Å²) in [5, 5.41) is 23.0. The Kier molecular flexibility index (Phi) is 4.83. The van der Waals surface area contributed by atoms with Crippen LogP contribution in [-0.2, 0) is 0 Å². The third-order valence-corrected chi connectivity index (χ3v) is 6.63. The number of aromatic nitrogens is 5. The number of phenolic OH excluding ortho intramolecular Hbond substituents is 1. The van der Waals surface area contributed by atoms with Crippen LogP contribution < -0.4 is 15.1 Å². The predicted molar refractivity (Wildman–Crippen MR) is 122 cm³/mol. The quantitative estimate of drug-likeness (QED) is 0.630. The Hall–Kier alpha value is -3.33. The lowest BCUT2D eigenvalue weighted by atomic mass is 10.1. The van der Waals surface area contributed by atoms with Crippen LogP contribution in [0.25, 0.3) is 22.5 Å². The van der Waals surface area contributed by atoms with Crippen LogP contribution in [0.1, 0.15) is 19.3 Å². The summed E-state index contributed by atoms with van der Waals surface area (Å²) in [6.45, 7) is 4.79. The molecule has 1 aromatic carbocycles. The SMILES string of the molecule is Oc1cc(-c2cc(N3CCC3)ncn2)ccc1-c1cnc(N2CCNC(C3CC3)C2)nn1. The predicted octanol–water partition coefficient (Wildman–Crippen LogP) is 2.10. The molecule has 0 bridgehead atoms. The molecule has 2 N–H and O–H groups in total. The molecule has 32 heavy (non-hydrogen) atoms. The fourth-order valence-corrected chi connectivity index (χ4v) is 4.44. The van der Waals surface area contributed by atoms with Crippen molar-refractivity contribution < 1.29 is 5.11 Å². The second kappa shape index (κ2) is 7.98. The molecule has 3 aliphatic rings. The van der Waals surface area contributed by atoms with E-state index in [9.17, 15) is 5.11 Å². The molecule has 2 aromatic heterocycles. The molecule has 1 unspecified atom stereocenters. The van der Waals surface area contributed by atoms with E-state index in [2.05, 4.69) is 40.3 Å². The Labute approximate surface area is 186 Å². The zero-order chi connectivity index (χ0) is 21.5. The van der Waals surface area contributed by atoms with Crippen LogP contribution in [-0.4, -0.2) is 69.0 Å². The largest absolute Gasteiger partial charge is 0.507 e. The lowest BCUT2D eigenvalue weighted by molar-refractivity contribution is 0.414. The van der Waals surface area contributed by atoms with E-state index >= 15 is 0 Å². The second-order valence-electron chi connectivity index (χ2n) is 8.82. The zero-order valence-corrected chi connectivity index (χ0v) is 17.9. The highest BCUT2D eigenvalue weighted by Crippen LogP contribution is 2.35. The van der Waals surface area contributed by atoms with Crippen LogP contribution in [0.3, 0.4) is 0 Å². The number of hydrogen-bond acceptors (Lipinski definition) is 9. The number of rotatable bonds is 5. The maximum Gasteiger partial charge on any atom is 0.245 e. The second-order valence-corrected chi connectivity index (χ2v) is 8.82. The van der Waals surface area contributed by atoms with Gasteiger partial charge in [-0.2, -0.15) is 0 Å². The standard InChI is InChI=1S/C23H26N8O/c32-21-10-16(18-11-22(27-14-26-18)30-7-1-8-30)4-5-17(21)19-12-25-23(29-28-19)31-9-6-24-20(13-31)15-2-3-15/h4-5,10-12,14-15,20,24,32H,1-3,6-9,13H2. The molecule has 1 atom stereocenters. The van der Waals surface area contributed by atoms with Gasteiger partial charge in [-0.1, -0.05) is 6.07 Å². The van der Waals surface area contributed by atoms with Gasteiger partial charge in [-0.25, -0.2) is 15.0 Å². The van der Waals surface area contributed by atoms with Gasteiger partial charge in [-0.15, -0.1) is 10.2 Å². The van der Waals surface area contributed by atoms with Crippen molar-refractivity contribution in [1.82, 2.24) is 30.5 Å². The first kappa shape index (κ1) is 19.4. The Balaban J connectivity index is 1.20. The number of nitrogens with one attached hydrogen (secondary N) is 1. The van der Waals surface area contributed by atoms with Crippen molar-refractivity contribution in [1.29, 1.82) is 0 Å². The van der Waals surface area contributed by atoms with Gasteiger partial charge in [-0.3, -0.25) is 0 Å². The molecule has 1 aliphatic carbocycles. The number of piperazine rings is 1. The summed E-state index contributed by atoms with van der Waals surface area (Å²) in [5.74, 6) is 2.49. The Morgan fingerprint density at radius 1 is 0.938 bits per heavy atom. The van der Waals surface area contributed by atoms with Gasteiger partial charge in [0.25, 0.3) is 0 Å². The van der Waals surface area contributed by atoms with Gasteiger partial charge >= 0.3 is 0 Å². The number of anilines is 2. The number of hydrogen-bond donors (Lipinski definition) is 2. The van der Waals surface area contributed by atoms with E-state index in [4.69, 9.17) is 0 Å². The molecule has 0 spiro atoms. The van der Waals surface area contributed by atoms with E-state index in [1.807, 2.05) is 18.2 Å². The highest BCUT2D eigenvalue weighted by atomic mass is 16.3. The van der Waals surface area contributed by atoms with Crippen LogP contribution in [0.4, 0.5) is 11.8 Å². The number of benzene rings is 1. The van der Waals surface area contributed by atoms with Crippen LogP contribution in [0.5, 0.6) is 5.75 Å². The average Bonchev–Trinajstić information content (AvgIpc) is 3.64. The Morgan fingerprint density at radius 2 is 1.84 bits per heavy atom. The molecule has 6 rings (SSSR count). The molecule has 9 heteroatoms.